The summed E-state index contributed by atoms with van der Waals surface area (Å²) in [5.41, 5.74) is -0.345. The smallest absolute Gasteiger partial charge is 0.324 e. The molecule has 0 aliphatic carbocycles. The molecule has 2 N–H and O–H groups in total. The van der Waals surface area contributed by atoms with Gasteiger partial charge in [-0.05, 0) is 11.6 Å². The van der Waals surface area contributed by atoms with Gasteiger partial charge in [-0.3, -0.25) is 14.9 Å². The molecule has 0 radical (unpaired) electrons. The Kier molecular flexibility index (Phi) is 3.71. The van der Waals surface area contributed by atoms with Crippen molar-refractivity contribution in [2.45, 2.75) is 18.8 Å². The summed E-state index contributed by atoms with van der Waals surface area (Å²) >= 11 is 0. The molecular formula is C11H9F4N3O3. The zero-order chi connectivity index (χ0) is 15.8. The number of nitro groups is 1. The zero-order valence-corrected chi connectivity index (χ0v) is 10.3. The van der Waals surface area contributed by atoms with E-state index in [4.69, 9.17) is 0 Å². The first-order valence-corrected chi connectivity index (χ1v) is 5.71. The van der Waals surface area contributed by atoms with Crippen LogP contribution in [0.1, 0.15) is 5.56 Å². The molecule has 114 valence electrons. The van der Waals surface area contributed by atoms with Gasteiger partial charge < -0.3 is 10.6 Å². The summed E-state index contributed by atoms with van der Waals surface area (Å²) in [6.07, 6.45) is -3.96. The maximum atomic E-state index is 12.8. The van der Waals surface area contributed by atoms with Crippen molar-refractivity contribution in [2.75, 3.05) is 17.2 Å². The second kappa shape index (κ2) is 5.19. The molecule has 0 spiro atoms. The van der Waals surface area contributed by atoms with Gasteiger partial charge >= 0.3 is 12.3 Å². The van der Waals surface area contributed by atoms with E-state index in [0.29, 0.717) is 5.56 Å². The summed E-state index contributed by atoms with van der Waals surface area (Å²) < 4.78 is 49.8. The molecule has 1 aliphatic rings. The predicted octanol–water partition coefficient (Wildman–Crippen LogP) is 2.40. The van der Waals surface area contributed by atoms with Gasteiger partial charge in [0.25, 0.3) is 5.69 Å². The SMILES string of the molecule is O=C1Cc2cc([N+](=O)[O-])c(NCC(F)(F)C(F)F)cc2N1. The third-order valence-electron chi connectivity index (χ3n) is 2.88. The molecule has 1 aromatic rings. The van der Waals surface area contributed by atoms with Crippen LogP contribution < -0.4 is 10.6 Å². The first kappa shape index (κ1) is 15.0. The maximum absolute atomic E-state index is 12.8. The van der Waals surface area contributed by atoms with Crippen molar-refractivity contribution in [3.8, 4) is 0 Å². The van der Waals surface area contributed by atoms with Crippen molar-refractivity contribution in [1.29, 1.82) is 0 Å². The number of nitrogens with zero attached hydrogens (tertiary/aromatic N) is 1. The lowest BCUT2D eigenvalue weighted by molar-refractivity contribution is -0.384. The van der Waals surface area contributed by atoms with Crippen molar-refractivity contribution in [2.24, 2.45) is 0 Å². The molecule has 0 saturated heterocycles. The lowest BCUT2D eigenvalue weighted by Gasteiger charge is -2.17. The fourth-order valence-electron chi connectivity index (χ4n) is 1.84. The van der Waals surface area contributed by atoms with Crippen LogP contribution in [0, 0.1) is 10.1 Å². The lowest BCUT2D eigenvalue weighted by atomic mass is 10.1. The van der Waals surface area contributed by atoms with Crippen LogP contribution in [-0.4, -0.2) is 29.7 Å². The van der Waals surface area contributed by atoms with Gasteiger partial charge in [0.2, 0.25) is 5.91 Å². The Morgan fingerprint density at radius 1 is 1.43 bits per heavy atom. The monoisotopic (exact) mass is 307 g/mol. The molecular weight excluding hydrogens is 298 g/mol. The standard InChI is InChI=1S/C11H9F4N3O3/c12-10(13)11(14,15)4-16-7-3-6-5(2-9(19)17-6)1-8(7)18(20)21/h1,3,10,16H,2,4H2,(H,17,19). The van der Waals surface area contributed by atoms with Crippen molar-refractivity contribution >= 4 is 23.0 Å². The van der Waals surface area contributed by atoms with Gasteiger partial charge in [0.1, 0.15) is 5.69 Å². The maximum Gasteiger partial charge on any atom is 0.324 e. The number of benzene rings is 1. The number of hydrogen-bond acceptors (Lipinski definition) is 4. The van der Waals surface area contributed by atoms with Crippen molar-refractivity contribution in [1.82, 2.24) is 0 Å². The molecule has 21 heavy (non-hydrogen) atoms. The molecule has 2 rings (SSSR count). The van der Waals surface area contributed by atoms with Gasteiger partial charge in [-0.2, -0.15) is 8.78 Å². The van der Waals surface area contributed by atoms with E-state index in [9.17, 15) is 32.5 Å². The zero-order valence-electron chi connectivity index (χ0n) is 10.3. The van der Waals surface area contributed by atoms with E-state index < -0.39 is 35.4 Å². The number of fused-ring (bicyclic) bond motifs is 1. The molecule has 0 atom stereocenters. The Morgan fingerprint density at radius 2 is 2.10 bits per heavy atom. The van der Waals surface area contributed by atoms with Crippen molar-refractivity contribution in [3.63, 3.8) is 0 Å². The van der Waals surface area contributed by atoms with E-state index >= 15 is 0 Å². The number of amides is 1. The number of nitrogens with one attached hydrogen (secondary N) is 2. The van der Waals surface area contributed by atoms with Crippen molar-refractivity contribution in [3.05, 3.63) is 27.8 Å². The summed E-state index contributed by atoms with van der Waals surface area (Å²) in [5.74, 6) is -4.72. The first-order valence-electron chi connectivity index (χ1n) is 5.71. The normalized spacial score (nSPS) is 14.0. The van der Waals surface area contributed by atoms with Crippen LogP contribution in [0.15, 0.2) is 12.1 Å². The Bertz CT molecular complexity index is 607. The number of alkyl halides is 4. The molecule has 1 aliphatic heterocycles. The second-order valence-corrected chi connectivity index (χ2v) is 4.42. The molecule has 0 unspecified atom stereocenters. The fourth-order valence-corrected chi connectivity index (χ4v) is 1.84. The number of rotatable bonds is 5. The van der Waals surface area contributed by atoms with Gasteiger partial charge in [0.15, 0.2) is 0 Å². The first-order chi connectivity index (χ1) is 9.70. The van der Waals surface area contributed by atoms with Gasteiger partial charge in [-0.15, -0.1) is 0 Å². The molecule has 1 aromatic carbocycles. The number of carbonyl (C=O) groups is 1. The lowest BCUT2D eigenvalue weighted by Crippen LogP contribution is -2.34. The fraction of sp³-hybridized carbons (Fsp3) is 0.364. The Labute approximate surface area is 115 Å². The molecule has 0 aromatic heterocycles. The number of anilines is 2. The van der Waals surface area contributed by atoms with Crippen LogP contribution in [0.25, 0.3) is 0 Å². The minimum Gasteiger partial charge on any atom is -0.373 e. The highest BCUT2D eigenvalue weighted by molar-refractivity contribution is 6.00. The highest BCUT2D eigenvalue weighted by atomic mass is 19.3. The van der Waals surface area contributed by atoms with Gasteiger partial charge in [-0.25, -0.2) is 8.78 Å². The molecule has 1 heterocycles. The number of nitro benzene ring substituents is 1. The van der Waals surface area contributed by atoms with Gasteiger partial charge in [-0.1, -0.05) is 0 Å². The summed E-state index contributed by atoms with van der Waals surface area (Å²) in [5, 5.41) is 15.2. The largest absolute Gasteiger partial charge is 0.373 e. The predicted molar refractivity (Wildman–Crippen MR) is 64.9 cm³/mol. The average Bonchev–Trinajstić information content (AvgIpc) is 2.73. The van der Waals surface area contributed by atoms with Crippen molar-refractivity contribution < 1.29 is 27.3 Å². The van der Waals surface area contributed by atoms with Crippen LogP contribution >= 0.6 is 0 Å². The second-order valence-electron chi connectivity index (χ2n) is 4.42. The number of hydrogen-bond donors (Lipinski definition) is 2. The quantitative estimate of drug-likeness (QED) is 0.497. The van der Waals surface area contributed by atoms with E-state index in [1.54, 1.807) is 0 Å². The Balaban J connectivity index is 2.29. The van der Waals surface area contributed by atoms with E-state index in [1.807, 2.05) is 5.32 Å². The topological polar surface area (TPSA) is 84.3 Å². The summed E-state index contributed by atoms with van der Waals surface area (Å²) in [7, 11) is 0. The van der Waals surface area contributed by atoms with E-state index in [2.05, 4.69) is 5.32 Å². The van der Waals surface area contributed by atoms with Crippen LogP contribution in [0.3, 0.4) is 0 Å². The summed E-state index contributed by atoms with van der Waals surface area (Å²) in [6, 6.07) is 2.13. The third-order valence-corrected chi connectivity index (χ3v) is 2.88. The van der Waals surface area contributed by atoms with Gasteiger partial charge in [0.05, 0.1) is 17.9 Å². The molecule has 10 heteroatoms. The number of halogens is 4. The van der Waals surface area contributed by atoms with E-state index in [1.165, 1.54) is 0 Å². The van der Waals surface area contributed by atoms with Crippen LogP contribution in [-0.2, 0) is 11.2 Å². The van der Waals surface area contributed by atoms with E-state index in [0.717, 1.165) is 12.1 Å². The molecule has 0 fully saturated rings. The molecule has 1 amide bonds. The highest BCUT2D eigenvalue weighted by Crippen LogP contribution is 2.35. The third kappa shape index (κ3) is 3.03. The highest BCUT2D eigenvalue weighted by Gasteiger charge is 2.41. The number of carbonyl (C=O) groups excluding carboxylic acids is 1. The van der Waals surface area contributed by atoms with Crippen LogP contribution in [0.4, 0.5) is 34.6 Å². The Hall–Kier alpha value is -2.39. The average molecular weight is 307 g/mol. The van der Waals surface area contributed by atoms with Gasteiger partial charge in [0, 0.05) is 11.8 Å². The summed E-state index contributed by atoms with van der Waals surface area (Å²) in [4.78, 5) is 21.2. The molecule has 0 bridgehead atoms. The van der Waals surface area contributed by atoms with Crippen LogP contribution in [0.5, 0.6) is 0 Å². The summed E-state index contributed by atoms with van der Waals surface area (Å²) in [6.45, 7) is -1.46. The van der Waals surface area contributed by atoms with E-state index in [-0.39, 0.29) is 17.8 Å². The van der Waals surface area contributed by atoms with Crippen LogP contribution in [0.2, 0.25) is 0 Å². The molecule has 0 saturated carbocycles. The molecule has 6 nitrogen and oxygen atoms in total. The minimum absolute atomic E-state index is 0.0658. The Morgan fingerprint density at radius 3 is 2.67 bits per heavy atom. The minimum atomic E-state index is -4.32.